The number of carbonyl (C=O) groups excluding carboxylic acids is 1. The summed E-state index contributed by atoms with van der Waals surface area (Å²) >= 11 is 1.48. The molecule has 6 nitrogen and oxygen atoms in total. The quantitative estimate of drug-likeness (QED) is 0.916. The number of anilines is 1. The number of β-amino-alcohol motifs (C(OH)–C–C–N with tert-alkyl or cyclic N) is 1. The summed E-state index contributed by atoms with van der Waals surface area (Å²) in [5.41, 5.74) is -0.938. The lowest BCUT2D eigenvalue weighted by molar-refractivity contribution is -0.0000214. The highest BCUT2D eigenvalue weighted by molar-refractivity contribution is 7.13. The lowest BCUT2D eigenvalue weighted by Crippen LogP contribution is -2.54. The molecule has 7 heteroatoms. The summed E-state index contributed by atoms with van der Waals surface area (Å²) in [6.45, 7) is 3.57. The molecule has 1 aliphatic rings. The van der Waals surface area contributed by atoms with Crippen LogP contribution >= 0.6 is 11.3 Å². The van der Waals surface area contributed by atoms with Crippen molar-refractivity contribution in [2.45, 2.75) is 25.4 Å². The van der Waals surface area contributed by atoms with Gasteiger partial charge in [-0.05, 0) is 31.9 Å². The molecule has 0 aliphatic carbocycles. The molecule has 0 bridgehead atoms. The molecule has 1 atom stereocenters. The molecule has 2 aromatic heterocycles. The zero-order valence-corrected chi connectivity index (χ0v) is 14.8. The number of amides is 1. The average molecular weight is 346 g/mol. The molecule has 3 rings (SSSR count). The molecule has 0 saturated carbocycles. The van der Waals surface area contributed by atoms with Gasteiger partial charge in [0.15, 0.2) is 0 Å². The average Bonchev–Trinajstić information content (AvgIpc) is 3.01. The number of aliphatic hydroxyl groups is 1. The van der Waals surface area contributed by atoms with Crippen LogP contribution in [-0.2, 0) is 0 Å². The summed E-state index contributed by atoms with van der Waals surface area (Å²) in [7, 11) is 1.75. The molecule has 1 N–H and O–H groups in total. The fourth-order valence-corrected chi connectivity index (χ4v) is 4.00. The largest absolute Gasteiger partial charge is 0.386 e. The third kappa shape index (κ3) is 3.73. The van der Waals surface area contributed by atoms with Crippen LogP contribution in [0.2, 0.25) is 0 Å². The molecule has 1 amide bonds. The van der Waals surface area contributed by atoms with E-state index in [0.29, 0.717) is 24.4 Å². The van der Waals surface area contributed by atoms with Crippen molar-refractivity contribution in [2.24, 2.45) is 0 Å². The highest BCUT2D eigenvalue weighted by Crippen LogP contribution is 2.26. The van der Waals surface area contributed by atoms with E-state index in [1.165, 1.54) is 11.3 Å². The first-order valence-electron chi connectivity index (χ1n) is 8.02. The van der Waals surface area contributed by atoms with Crippen LogP contribution in [0.1, 0.15) is 27.4 Å². The molecule has 0 spiro atoms. The van der Waals surface area contributed by atoms with Crippen molar-refractivity contribution < 1.29 is 9.90 Å². The number of likely N-dealkylation sites (N-methyl/N-ethyl adjacent to an activating group) is 1. The first kappa shape index (κ1) is 16.9. The number of aryl methyl sites for hydroxylation is 1. The smallest absolute Gasteiger partial charge is 0.263 e. The summed E-state index contributed by atoms with van der Waals surface area (Å²) in [5.74, 6) is 0.719. The van der Waals surface area contributed by atoms with E-state index < -0.39 is 5.60 Å². The highest BCUT2D eigenvalue weighted by atomic mass is 32.1. The number of rotatable bonds is 4. The van der Waals surface area contributed by atoms with Gasteiger partial charge in [-0.1, -0.05) is 0 Å². The van der Waals surface area contributed by atoms with Crippen LogP contribution in [0.15, 0.2) is 30.7 Å². The van der Waals surface area contributed by atoms with Crippen molar-refractivity contribution in [3.63, 3.8) is 0 Å². The molecule has 2 aromatic rings. The van der Waals surface area contributed by atoms with Crippen LogP contribution in [0.4, 0.5) is 5.82 Å². The van der Waals surface area contributed by atoms with E-state index in [1.54, 1.807) is 30.5 Å². The van der Waals surface area contributed by atoms with Crippen LogP contribution in [0.5, 0.6) is 0 Å². The molecular formula is C17H22N4O2S. The zero-order chi connectivity index (χ0) is 17.2. The third-order valence-electron chi connectivity index (χ3n) is 4.26. The second-order valence-electron chi connectivity index (χ2n) is 6.38. The van der Waals surface area contributed by atoms with Crippen LogP contribution in [0, 0.1) is 6.92 Å². The summed E-state index contributed by atoms with van der Waals surface area (Å²) in [4.78, 5) is 26.4. The van der Waals surface area contributed by atoms with Crippen LogP contribution < -0.4 is 4.90 Å². The number of carbonyl (C=O) groups is 1. The predicted molar refractivity (Wildman–Crippen MR) is 94.4 cm³/mol. The Morgan fingerprint density at radius 1 is 1.46 bits per heavy atom. The van der Waals surface area contributed by atoms with Gasteiger partial charge in [0.1, 0.15) is 5.82 Å². The Bertz CT molecular complexity index is 706. The van der Waals surface area contributed by atoms with E-state index in [2.05, 4.69) is 9.97 Å². The number of piperidine rings is 1. The van der Waals surface area contributed by atoms with Crippen LogP contribution in [0.25, 0.3) is 0 Å². The van der Waals surface area contributed by atoms with Crippen LogP contribution in [-0.4, -0.2) is 58.2 Å². The molecule has 1 aliphatic heterocycles. The number of hydrogen-bond donors (Lipinski definition) is 1. The van der Waals surface area contributed by atoms with Crippen molar-refractivity contribution in [2.75, 3.05) is 31.6 Å². The monoisotopic (exact) mass is 346 g/mol. The fourth-order valence-electron chi connectivity index (χ4n) is 3.14. The summed E-state index contributed by atoms with van der Waals surface area (Å²) < 4.78 is 0. The molecule has 0 radical (unpaired) electrons. The van der Waals surface area contributed by atoms with Gasteiger partial charge in [0.25, 0.3) is 5.91 Å². The van der Waals surface area contributed by atoms with E-state index in [4.69, 9.17) is 0 Å². The van der Waals surface area contributed by atoms with Crippen molar-refractivity contribution in [1.82, 2.24) is 14.9 Å². The summed E-state index contributed by atoms with van der Waals surface area (Å²) in [5, 5.41) is 11.0. The number of hydrogen-bond acceptors (Lipinski definition) is 6. The number of nitrogens with zero attached hydrogens (tertiary/aromatic N) is 4. The maximum Gasteiger partial charge on any atom is 0.263 e. The minimum Gasteiger partial charge on any atom is -0.386 e. The maximum absolute atomic E-state index is 12.5. The minimum atomic E-state index is -0.938. The predicted octanol–water partition coefficient (Wildman–Crippen LogP) is 1.95. The van der Waals surface area contributed by atoms with Gasteiger partial charge in [-0.25, -0.2) is 4.98 Å². The van der Waals surface area contributed by atoms with E-state index >= 15 is 0 Å². The molecule has 0 aromatic carbocycles. The Morgan fingerprint density at radius 2 is 2.29 bits per heavy atom. The van der Waals surface area contributed by atoms with Gasteiger partial charge in [-0.3, -0.25) is 9.78 Å². The Kier molecular flexibility index (Phi) is 4.82. The molecule has 1 fully saturated rings. The van der Waals surface area contributed by atoms with Crippen molar-refractivity contribution >= 4 is 23.1 Å². The second kappa shape index (κ2) is 6.86. The molecule has 128 valence electrons. The van der Waals surface area contributed by atoms with E-state index in [-0.39, 0.29) is 5.91 Å². The van der Waals surface area contributed by atoms with Crippen LogP contribution in [0.3, 0.4) is 0 Å². The first-order valence-corrected chi connectivity index (χ1v) is 8.84. The van der Waals surface area contributed by atoms with Gasteiger partial charge in [-0.15, -0.1) is 11.3 Å². The SMILES string of the molecule is Cc1ccc(C(=O)N(C)CC2(O)CCCN(c3cnccn3)C2)s1. The minimum absolute atomic E-state index is 0.0434. The topological polar surface area (TPSA) is 69.6 Å². The lowest BCUT2D eigenvalue weighted by Gasteiger charge is -2.41. The first-order chi connectivity index (χ1) is 11.5. The normalized spacial score (nSPS) is 20.9. The number of aromatic nitrogens is 2. The molecular weight excluding hydrogens is 324 g/mol. The van der Waals surface area contributed by atoms with E-state index in [0.717, 1.165) is 23.7 Å². The molecule has 3 heterocycles. The van der Waals surface area contributed by atoms with Gasteiger partial charge < -0.3 is 14.9 Å². The Morgan fingerprint density at radius 3 is 2.96 bits per heavy atom. The second-order valence-corrected chi connectivity index (χ2v) is 7.67. The Hall–Kier alpha value is -1.99. The van der Waals surface area contributed by atoms with Crippen molar-refractivity contribution in [3.05, 3.63) is 40.5 Å². The van der Waals surface area contributed by atoms with Gasteiger partial charge >= 0.3 is 0 Å². The molecule has 1 saturated heterocycles. The molecule has 1 unspecified atom stereocenters. The van der Waals surface area contributed by atoms with Gasteiger partial charge in [0.2, 0.25) is 0 Å². The fraction of sp³-hybridized carbons (Fsp3) is 0.471. The lowest BCUT2D eigenvalue weighted by atomic mass is 9.92. The van der Waals surface area contributed by atoms with Gasteiger partial charge in [0.05, 0.1) is 23.2 Å². The van der Waals surface area contributed by atoms with Gasteiger partial charge in [0, 0.05) is 37.4 Å². The van der Waals surface area contributed by atoms with Crippen molar-refractivity contribution in [1.29, 1.82) is 0 Å². The third-order valence-corrected chi connectivity index (χ3v) is 5.25. The number of thiophene rings is 1. The van der Waals surface area contributed by atoms with E-state index in [9.17, 15) is 9.90 Å². The standard InChI is InChI=1S/C17H22N4O2S/c1-13-4-5-14(24-13)16(22)20(2)11-17(23)6-3-9-21(12-17)15-10-18-7-8-19-15/h4-5,7-8,10,23H,3,6,9,11-12H2,1-2H3. The van der Waals surface area contributed by atoms with Crippen molar-refractivity contribution in [3.8, 4) is 0 Å². The zero-order valence-electron chi connectivity index (χ0n) is 14.0. The maximum atomic E-state index is 12.5. The summed E-state index contributed by atoms with van der Waals surface area (Å²) in [6, 6.07) is 3.78. The Balaban J connectivity index is 1.67. The highest BCUT2D eigenvalue weighted by Gasteiger charge is 2.36. The summed E-state index contributed by atoms with van der Waals surface area (Å²) in [6.07, 6.45) is 6.51. The van der Waals surface area contributed by atoms with E-state index in [1.807, 2.05) is 24.0 Å². The molecule has 24 heavy (non-hydrogen) atoms. The Labute approximate surface area is 145 Å². The van der Waals surface area contributed by atoms with Gasteiger partial charge in [-0.2, -0.15) is 0 Å².